The van der Waals surface area contributed by atoms with E-state index in [9.17, 15) is 9.59 Å². The summed E-state index contributed by atoms with van der Waals surface area (Å²) >= 11 is 0. The fraction of sp³-hybridized carbons (Fsp3) is 0.250. The Hall–Kier alpha value is -3.79. The zero-order valence-corrected chi connectivity index (χ0v) is 16.5. The van der Waals surface area contributed by atoms with Crippen molar-refractivity contribution in [3.05, 3.63) is 58.6 Å². The molecule has 1 amide bonds. The number of nitrogens with one attached hydrogen (secondary N) is 1. The molecule has 1 N–H and O–H groups in total. The topological polar surface area (TPSA) is 117 Å². The largest absolute Gasteiger partial charge is 0.383 e. The number of amides is 1. The van der Waals surface area contributed by atoms with Gasteiger partial charge in [-0.25, -0.2) is 13.9 Å². The number of carbonyl (C=O) groups excluding carboxylic acids is 1. The molecule has 0 aliphatic rings. The number of hydrogen-bond donors (Lipinski definition) is 1. The van der Waals surface area contributed by atoms with Crippen LogP contribution in [0.25, 0.3) is 28.5 Å². The average Bonchev–Trinajstić information content (AvgIpc) is 3.34. The summed E-state index contributed by atoms with van der Waals surface area (Å²) in [4.78, 5) is 29.1. The minimum atomic E-state index is -0.438. The monoisotopic (exact) mass is 408 g/mol. The summed E-state index contributed by atoms with van der Waals surface area (Å²) in [5.41, 5.74) is 2.33. The lowest BCUT2D eigenvalue weighted by Crippen LogP contribution is -2.34. The maximum absolute atomic E-state index is 12.6. The first-order chi connectivity index (χ1) is 14.6. The van der Waals surface area contributed by atoms with Crippen molar-refractivity contribution in [2.75, 3.05) is 20.3 Å². The smallest absolute Gasteiger partial charge is 0.350 e. The maximum atomic E-state index is 12.6. The predicted molar refractivity (Wildman–Crippen MR) is 108 cm³/mol. The number of fused-ring (bicyclic) bond motifs is 1. The van der Waals surface area contributed by atoms with Gasteiger partial charge in [0.05, 0.1) is 12.2 Å². The van der Waals surface area contributed by atoms with E-state index in [0.29, 0.717) is 30.2 Å². The predicted octanol–water partition coefficient (Wildman–Crippen LogP) is 1.28. The van der Waals surface area contributed by atoms with E-state index in [1.54, 1.807) is 25.4 Å². The molecule has 0 bridgehead atoms. The maximum Gasteiger partial charge on any atom is 0.350 e. The number of nitrogens with zero attached hydrogens (tertiary/aromatic N) is 5. The lowest BCUT2D eigenvalue weighted by atomic mass is 10.1. The summed E-state index contributed by atoms with van der Waals surface area (Å²) in [6.45, 7) is 2.53. The molecular formula is C20H20N6O4. The van der Waals surface area contributed by atoms with E-state index in [2.05, 4.69) is 20.6 Å². The van der Waals surface area contributed by atoms with Crippen molar-refractivity contribution in [2.24, 2.45) is 0 Å². The van der Waals surface area contributed by atoms with Crippen LogP contribution in [0.4, 0.5) is 0 Å². The molecule has 4 aromatic rings. The van der Waals surface area contributed by atoms with Crippen molar-refractivity contribution in [3.63, 3.8) is 0 Å². The highest BCUT2D eigenvalue weighted by molar-refractivity contribution is 5.76. The van der Waals surface area contributed by atoms with E-state index < -0.39 is 5.69 Å². The molecule has 3 aromatic heterocycles. The number of methoxy groups -OCH3 is 1. The molecule has 0 spiro atoms. The average molecular weight is 408 g/mol. The highest BCUT2D eigenvalue weighted by Gasteiger charge is 2.18. The Morgan fingerprint density at radius 1 is 1.23 bits per heavy atom. The van der Waals surface area contributed by atoms with Gasteiger partial charge < -0.3 is 14.6 Å². The number of carbonyl (C=O) groups is 1. The van der Waals surface area contributed by atoms with Crippen molar-refractivity contribution < 1.29 is 14.1 Å². The molecule has 0 radical (unpaired) electrons. The number of benzene rings is 1. The Morgan fingerprint density at radius 3 is 2.80 bits per heavy atom. The Morgan fingerprint density at radius 2 is 2.03 bits per heavy atom. The van der Waals surface area contributed by atoms with E-state index in [0.717, 1.165) is 15.8 Å². The third-order valence-electron chi connectivity index (χ3n) is 4.50. The first kappa shape index (κ1) is 19.5. The number of aromatic nitrogens is 5. The minimum Gasteiger partial charge on any atom is -0.383 e. The molecule has 1 aromatic carbocycles. The van der Waals surface area contributed by atoms with E-state index in [1.807, 2.05) is 31.2 Å². The molecule has 0 aliphatic carbocycles. The normalized spacial score (nSPS) is 11.1. The second-order valence-corrected chi connectivity index (χ2v) is 6.69. The highest BCUT2D eigenvalue weighted by atomic mass is 16.5. The summed E-state index contributed by atoms with van der Waals surface area (Å²) in [6, 6.07) is 11.2. The van der Waals surface area contributed by atoms with Crippen molar-refractivity contribution in [1.29, 1.82) is 0 Å². The summed E-state index contributed by atoms with van der Waals surface area (Å²) in [5.74, 6) is 0.336. The summed E-state index contributed by atoms with van der Waals surface area (Å²) in [6.07, 6.45) is 1.57. The molecule has 0 aliphatic heterocycles. The van der Waals surface area contributed by atoms with Crippen LogP contribution in [0.1, 0.15) is 5.56 Å². The second-order valence-electron chi connectivity index (χ2n) is 6.69. The van der Waals surface area contributed by atoms with Crippen LogP contribution in [0.5, 0.6) is 0 Å². The molecule has 10 heteroatoms. The standard InChI is InChI=1S/C20H20N6O4/c1-13-5-7-14(8-6-13)17-22-19(30-24-17)15-4-3-10-25-18(15)23-26(20(25)28)12-16(27)21-9-11-29-2/h3-8,10H,9,11-12H2,1-2H3,(H,21,27). The summed E-state index contributed by atoms with van der Waals surface area (Å²) < 4.78 is 12.7. The van der Waals surface area contributed by atoms with E-state index >= 15 is 0 Å². The van der Waals surface area contributed by atoms with Crippen LogP contribution in [-0.2, 0) is 16.1 Å². The second kappa shape index (κ2) is 8.29. The number of pyridine rings is 1. The summed E-state index contributed by atoms with van der Waals surface area (Å²) in [5, 5.41) is 11.0. The van der Waals surface area contributed by atoms with Crippen molar-refractivity contribution >= 4 is 11.6 Å². The summed E-state index contributed by atoms with van der Waals surface area (Å²) in [7, 11) is 1.54. The van der Waals surface area contributed by atoms with Gasteiger partial charge in [0.2, 0.25) is 11.7 Å². The Labute approximate surface area is 171 Å². The molecule has 154 valence electrons. The van der Waals surface area contributed by atoms with Crippen LogP contribution >= 0.6 is 0 Å². The number of ether oxygens (including phenoxy) is 1. The third kappa shape index (κ3) is 3.85. The molecular weight excluding hydrogens is 388 g/mol. The SMILES string of the molecule is COCCNC(=O)Cn1nc2c(-c3nc(-c4ccc(C)cc4)no3)cccn2c1=O. The lowest BCUT2D eigenvalue weighted by Gasteiger charge is -2.03. The lowest BCUT2D eigenvalue weighted by molar-refractivity contribution is -0.122. The van der Waals surface area contributed by atoms with Crippen LogP contribution in [-0.4, -0.2) is 50.5 Å². The van der Waals surface area contributed by atoms with Crippen LogP contribution in [0, 0.1) is 6.92 Å². The van der Waals surface area contributed by atoms with Gasteiger partial charge >= 0.3 is 5.69 Å². The van der Waals surface area contributed by atoms with Crippen molar-refractivity contribution in [3.8, 4) is 22.8 Å². The molecule has 0 saturated carbocycles. The van der Waals surface area contributed by atoms with Gasteiger partial charge in [0.25, 0.3) is 5.89 Å². The molecule has 0 fully saturated rings. The quantitative estimate of drug-likeness (QED) is 0.458. The van der Waals surface area contributed by atoms with Gasteiger partial charge in [-0.05, 0) is 19.1 Å². The first-order valence-corrected chi connectivity index (χ1v) is 9.32. The van der Waals surface area contributed by atoms with E-state index in [-0.39, 0.29) is 18.3 Å². The van der Waals surface area contributed by atoms with Crippen molar-refractivity contribution in [2.45, 2.75) is 13.5 Å². The number of rotatable bonds is 7. The zero-order chi connectivity index (χ0) is 21.1. The molecule has 10 nitrogen and oxygen atoms in total. The molecule has 4 rings (SSSR count). The minimum absolute atomic E-state index is 0.206. The van der Waals surface area contributed by atoms with Gasteiger partial charge in [0.15, 0.2) is 5.65 Å². The molecule has 0 saturated heterocycles. The molecule has 3 heterocycles. The van der Waals surface area contributed by atoms with Crippen LogP contribution < -0.4 is 11.0 Å². The molecule has 0 unspecified atom stereocenters. The van der Waals surface area contributed by atoms with Gasteiger partial charge in [-0.2, -0.15) is 4.98 Å². The van der Waals surface area contributed by atoms with Gasteiger partial charge in [-0.3, -0.25) is 4.79 Å². The Kier molecular flexibility index (Phi) is 5.40. The molecule has 30 heavy (non-hydrogen) atoms. The zero-order valence-electron chi connectivity index (χ0n) is 16.5. The number of aryl methyl sites for hydroxylation is 1. The van der Waals surface area contributed by atoms with Crippen LogP contribution in [0.15, 0.2) is 51.9 Å². The molecule has 0 atom stereocenters. The van der Waals surface area contributed by atoms with E-state index in [1.165, 1.54) is 4.40 Å². The third-order valence-corrected chi connectivity index (χ3v) is 4.50. The highest BCUT2D eigenvalue weighted by Crippen LogP contribution is 2.24. The fourth-order valence-electron chi connectivity index (χ4n) is 2.95. The first-order valence-electron chi connectivity index (χ1n) is 9.32. The van der Waals surface area contributed by atoms with Gasteiger partial charge in [0, 0.05) is 25.4 Å². The van der Waals surface area contributed by atoms with Gasteiger partial charge in [-0.15, -0.1) is 5.10 Å². The van der Waals surface area contributed by atoms with Crippen molar-refractivity contribution in [1.82, 2.24) is 29.6 Å². The Balaban J connectivity index is 1.65. The number of hydrogen-bond acceptors (Lipinski definition) is 7. The van der Waals surface area contributed by atoms with E-state index in [4.69, 9.17) is 9.26 Å². The fourth-order valence-corrected chi connectivity index (χ4v) is 2.95. The van der Waals surface area contributed by atoms with Gasteiger partial charge in [0.1, 0.15) is 6.54 Å². The van der Waals surface area contributed by atoms with Crippen LogP contribution in [0.3, 0.4) is 0 Å². The van der Waals surface area contributed by atoms with Crippen LogP contribution in [0.2, 0.25) is 0 Å². The Bertz CT molecular complexity index is 1240. The van der Waals surface area contributed by atoms with Gasteiger partial charge in [-0.1, -0.05) is 35.0 Å².